The van der Waals surface area contributed by atoms with Crippen molar-refractivity contribution in [3.63, 3.8) is 0 Å². The van der Waals surface area contributed by atoms with E-state index in [0.717, 1.165) is 11.1 Å². The number of nitrogens with zero attached hydrogens (tertiary/aromatic N) is 1. The SMILES string of the molecule is CC(CNC(=O)OCC1c2ccccc2-c2ccccc21)CC(=O)N1CCC(O)(C(=O)O)CC1. The summed E-state index contributed by atoms with van der Waals surface area (Å²) in [7, 11) is 0. The Morgan fingerprint density at radius 3 is 2.18 bits per heavy atom. The van der Waals surface area contributed by atoms with Gasteiger partial charge in [0.05, 0.1) is 0 Å². The fourth-order valence-corrected chi connectivity index (χ4v) is 4.75. The van der Waals surface area contributed by atoms with Crippen LogP contribution in [0, 0.1) is 5.92 Å². The van der Waals surface area contributed by atoms with Crippen LogP contribution in [0.2, 0.25) is 0 Å². The standard InChI is InChI=1S/C26H30N2O6/c1-17(14-23(29)28-12-10-26(33,11-13-28)24(30)31)15-27-25(32)34-16-22-20-8-4-2-6-18(20)19-7-3-5-9-21(19)22/h2-9,17,22,33H,10-16H2,1H3,(H,27,32)(H,30,31). The minimum Gasteiger partial charge on any atom is -0.479 e. The number of carboxylic acid groups (broad SMARTS) is 1. The highest BCUT2D eigenvalue weighted by Crippen LogP contribution is 2.44. The Hall–Kier alpha value is -3.39. The highest BCUT2D eigenvalue weighted by Gasteiger charge is 2.40. The number of aliphatic carboxylic acids is 1. The van der Waals surface area contributed by atoms with Crippen LogP contribution in [0.25, 0.3) is 11.1 Å². The molecule has 4 rings (SSSR count). The molecule has 1 saturated heterocycles. The lowest BCUT2D eigenvalue weighted by Gasteiger charge is -2.35. The van der Waals surface area contributed by atoms with E-state index in [0.29, 0.717) is 0 Å². The Bertz CT molecular complexity index is 1030. The monoisotopic (exact) mass is 466 g/mol. The normalized spacial score (nSPS) is 17.4. The summed E-state index contributed by atoms with van der Waals surface area (Å²) in [5.41, 5.74) is 2.87. The number of piperidine rings is 1. The van der Waals surface area contributed by atoms with E-state index in [9.17, 15) is 19.5 Å². The lowest BCUT2D eigenvalue weighted by molar-refractivity contribution is -0.165. The van der Waals surface area contributed by atoms with Crippen molar-refractivity contribution in [2.24, 2.45) is 5.92 Å². The predicted octanol–water partition coefficient (Wildman–Crippen LogP) is 2.99. The Balaban J connectivity index is 1.23. The molecule has 180 valence electrons. The van der Waals surface area contributed by atoms with Crippen LogP contribution in [-0.4, -0.2) is 64.9 Å². The zero-order chi connectivity index (χ0) is 24.3. The van der Waals surface area contributed by atoms with Gasteiger partial charge in [0.15, 0.2) is 5.60 Å². The van der Waals surface area contributed by atoms with Crippen molar-refractivity contribution in [3.05, 3.63) is 59.7 Å². The summed E-state index contributed by atoms with van der Waals surface area (Å²) in [4.78, 5) is 37.6. The van der Waals surface area contributed by atoms with E-state index in [1.807, 2.05) is 31.2 Å². The Morgan fingerprint density at radius 2 is 1.62 bits per heavy atom. The van der Waals surface area contributed by atoms with Crippen molar-refractivity contribution in [2.75, 3.05) is 26.2 Å². The molecule has 1 fully saturated rings. The fourth-order valence-electron chi connectivity index (χ4n) is 4.75. The molecule has 1 atom stereocenters. The highest BCUT2D eigenvalue weighted by atomic mass is 16.5. The summed E-state index contributed by atoms with van der Waals surface area (Å²) in [6.45, 7) is 2.78. The van der Waals surface area contributed by atoms with Crippen molar-refractivity contribution in [2.45, 2.75) is 37.7 Å². The molecule has 1 aliphatic heterocycles. The number of carbonyl (C=O) groups excluding carboxylic acids is 2. The first-order chi connectivity index (χ1) is 16.3. The third kappa shape index (κ3) is 4.92. The molecule has 34 heavy (non-hydrogen) atoms. The first-order valence-electron chi connectivity index (χ1n) is 11.6. The van der Waals surface area contributed by atoms with Crippen LogP contribution in [-0.2, 0) is 14.3 Å². The topological polar surface area (TPSA) is 116 Å². The van der Waals surface area contributed by atoms with Crippen LogP contribution in [0.5, 0.6) is 0 Å². The maximum atomic E-state index is 12.5. The largest absolute Gasteiger partial charge is 0.479 e. The van der Waals surface area contributed by atoms with E-state index < -0.39 is 17.7 Å². The predicted molar refractivity (Wildman–Crippen MR) is 125 cm³/mol. The number of likely N-dealkylation sites (tertiary alicyclic amines) is 1. The number of rotatable bonds is 7. The number of alkyl carbamates (subject to hydrolysis) is 1. The Morgan fingerprint density at radius 1 is 1.06 bits per heavy atom. The number of hydrogen-bond acceptors (Lipinski definition) is 5. The van der Waals surface area contributed by atoms with Gasteiger partial charge in [0.2, 0.25) is 5.91 Å². The summed E-state index contributed by atoms with van der Waals surface area (Å²) in [5.74, 6) is -1.50. The number of amides is 2. The van der Waals surface area contributed by atoms with Crippen molar-refractivity contribution >= 4 is 18.0 Å². The van der Waals surface area contributed by atoms with Gasteiger partial charge >= 0.3 is 12.1 Å². The molecule has 0 spiro atoms. The van der Waals surface area contributed by atoms with Crippen LogP contribution in [0.3, 0.4) is 0 Å². The number of nitrogens with one attached hydrogen (secondary N) is 1. The molecular weight excluding hydrogens is 436 g/mol. The summed E-state index contributed by atoms with van der Waals surface area (Å²) in [6, 6.07) is 16.3. The molecule has 1 unspecified atom stereocenters. The van der Waals surface area contributed by atoms with Gasteiger partial charge in [-0.15, -0.1) is 0 Å². The van der Waals surface area contributed by atoms with Gasteiger partial charge in [-0.25, -0.2) is 9.59 Å². The molecule has 0 radical (unpaired) electrons. The first-order valence-corrected chi connectivity index (χ1v) is 11.6. The maximum absolute atomic E-state index is 12.5. The minimum atomic E-state index is -1.76. The average molecular weight is 467 g/mol. The Kier molecular flexibility index (Phi) is 6.88. The lowest BCUT2D eigenvalue weighted by atomic mass is 9.91. The second kappa shape index (κ2) is 9.85. The third-order valence-corrected chi connectivity index (χ3v) is 6.80. The molecule has 2 amide bonds. The number of fused-ring (bicyclic) bond motifs is 3. The van der Waals surface area contributed by atoms with Gasteiger partial charge in [0.25, 0.3) is 0 Å². The van der Waals surface area contributed by atoms with Gasteiger partial charge in [0.1, 0.15) is 6.61 Å². The van der Waals surface area contributed by atoms with Gasteiger partial charge in [-0.05, 0) is 28.2 Å². The van der Waals surface area contributed by atoms with Gasteiger partial charge in [-0.1, -0.05) is 55.5 Å². The lowest BCUT2D eigenvalue weighted by Crippen LogP contribution is -2.51. The molecule has 2 aromatic rings. The average Bonchev–Trinajstić information content (AvgIpc) is 3.15. The van der Waals surface area contributed by atoms with Crippen LogP contribution >= 0.6 is 0 Å². The summed E-state index contributed by atoms with van der Waals surface area (Å²) in [5, 5.41) is 21.8. The minimum absolute atomic E-state index is 0.0132. The van der Waals surface area contributed by atoms with Crippen LogP contribution in [0.4, 0.5) is 4.79 Å². The zero-order valence-electron chi connectivity index (χ0n) is 19.2. The number of aliphatic hydroxyl groups is 1. The number of ether oxygens (including phenoxy) is 1. The number of benzene rings is 2. The molecule has 0 bridgehead atoms. The van der Waals surface area contributed by atoms with Crippen molar-refractivity contribution < 1.29 is 29.3 Å². The fraction of sp³-hybridized carbons (Fsp3) is 0.423. The van der Waals surface area contributed by atoms with Crippen molar-refractivity contribution in [1.29, 1.82) is 0 Å². The second-order valence-corrected chi connectivity index (χ2v) is 9.23. The molecule has 1 aliphatic carbocycles. The zero-order valence-corrected chi connectivity index (χ0v) is 19.2. The molecule has 2 aromatic carbocycles. The van der Waals surface area contributed by atoms with Crippen molar-refractivity contribution in [1.82, 2.24) is 10.2 Å². The van der Waals surface area contributed by atoms with Gasteiger partial charge in [-0.2, -0.15) is 0 Å². The molecule has 0 aromatic heterocycles. The molecule has 2 aliphatic rings. The molecule has 8 nitrogen and oxygen atoms in total. The van der Waals surface area contributed by atoms with Crippen LogP contribution < -0.4 is 5.32 Å². The number of carboxylic acids is 1. The smallest absolute Gasteiger partial charge is 0.407 e. The Labute approximate surface area is 198 Å². The molecule has 0 saturated carbocycles. The number of carbonyl (C=O) groups is 3. The van der Waals surface area contributed by atoms with Gasteiger partial charge in [0, 0.05) is 44.8 Å². The molecule has 3 N–H and O–H groups in total. The third-order valence-electron chi connectivity index (χ3n) is 6.80. The second-order valence-electron chi connectivity index (χ2n) is 9.23. The van der Waals surface area contributed by atoms with Gasteiger partial charge < -0.3 is 25.2 Å². The molecule has 1 heterocycles. The van der Waals surface area contributed by atoms with E-state index in [2.05, 4.69) is 29.6 Å². The van der Waals surface area contributed by atoms with Crippen molar-refractivity contribution in [3.8, 4) is 11.1 Å². The van der Waals surface area contributed by atoms with E-state index in [1.54, 1.807) is 4.90 Å². The maximum Gasteiger partial charge on any atom is 0.407 e. The van der Waals surface area contributed by atoms with E-state index in [4.69, 9.17) is 9.84 Å². The summed E-state index contributed by atoms with van der Waals surface area (Å²) >= 11 is 0. The number of hydrogen-bond donors (Lipinski definition) is 3. The van der Waals surface area contributed by atoms with Crippen LogP contribution in [0.15, 0.2) is 48.5 Å². The van der Waals surface area contributed by atoms with Gasteiger partial charge in [-0.3, -0.25) is 4.79 Å². The summed E-state index contributed by atoms with van der Waals surface area (Å²) in [6.07, 6.45) is -0.276. The van der Waals surface area contributed by atoms with E-state index in [-0.39, 0.29) is 63.2 Å². The van der Waals surface area contributed by atoms with E-state index >= 15 is 0 Å². The molecule has 8 heteroatoms. The highest BCUT2D eigenvalue weighted by molar-refractivity contribution is 5.80. The first kappa shape index (κ1) is 23.8. The molecular formula is C26H30N2O6. The quantitative estimate of drug-likeness (QED) is 0.578. The summed E-state index contributed by atoms with van der Waals surface area (Å²) < 4.78 is 5.53. The van der Waals surface area contributed by atoms with E-state index in [1.165, 1.54) is 11.1 Å². The van der Waals surface area contributed by atoms with Crippen LogP contribution in [0.1, 0.15) is 43.2 Å².